The van der Waals surface area contributed by atoms with E-state index in [4.69, 9.17) is 9.73 Å². The van der Waals surface area contributed by atoms with E-state index in [1.54, 1.807) is 11.9 Å². The molecule has 3 heterocycles. The maximum absolute atomic E-state index is 13.5. The van der Waals surface area contributed by atoms with Crippen LogP contribution in [-0.2, 0) is 11.2 Å². The largest absolute Gasteiger partial charge is 0.494 e. The summed E-state index contributed by atoms with van der Waals surface area (Å²) >= 11 is 0. The van der Waals surface area contributed by atoms with Crippen LogP contribution in [0.2, 0.25) is 0 Å². The summed E-state index contributed by atoms with van der Waals surface area (Å²) in [4.78, 5) is 38.2. The number of allylic oxidation sites excluding steroid dienone is 1. The lowest BCUT2D eigenvalue weighted by atomic mass is 10.1. The zero-order valence-electron chi connectivity index (χ0n) is 19.0. The van der Waals surface area contributed by atoms with Gasteiger partial charge in [-0.3, -0.25) is 14.6 Å². The maximum Gasteiger partial charge on any atom is 0.328 e. The van der Waals surface area contributed by atoms with E-state index in [2.05, 4.69) is 0 Å². The maximum atomic E-state index is 13.5. The number of fused-ring (bicyclic) bond motifs is 3. The van der Waals surface area contributed by atoms with Crippen LogP contribution in [0.5, 0.6) is 5.75 Å². The molecule has 3 aliphatic rings. The van der Waals surface area contributed by atoms with Crippen molar-refractivity contribution in [2.45, 2.75) is 32.5 Å². The van der Waals surface area contributed by atoms with Gasteiger partial charge in [0.05, 0.1) is 6.61 Å². The van der Waals surface area contributed by atoms with Crippen molar-refractivity contribution in [3.8, 4) is 5.75 Å². The second-order valence-electron chi connectivity index (χ2n) is 8.35. The smallest absolute Gasteiger partial charge is 0.328 e. The number of anilines is 1. The summed E-state index contributed by atoms with van der Waals surface area (Å²) in [6.07, 6.45) is 2.00. The first-order valence-corrected chi connectivity index (χ1v) is 11.2. The molecule has 1 fully saturated rings. The van der Waals surface area contributed by atoms with Crippen molar-refractivity contribution in [3.63, 3.8) is 0 Å². The van der Waals surface area contributed by atoms with E-state index in [0.717, 1.165) is 22.7 Å². The number of ether oxygens (including phenoxy) is 1. The van der Waals surface area contributed by atoms with E-state index < -0.39 is 12.2 Å². The van der Waals surface area contributed by atoms with Crippen LogP contribution in [0, 0.1) is 0 Å². The molecule has 2 aromatic carbocycles. The molecule has 0 N–H and O–H groups in total. The number of imide groups is 1. The lowest BCUT2D eigenvalue weighted by molar-refractivity contribution is -0.136. The molecule has 33 heavy (non-hydrogen) atoms. The first-order chi connectivity index (χ1) is 16.0. The van der Waals surface area contributed by atoms with E-state index >= 15 is 0 Å². The Morgan fingerprint density at radius 2 is 1.76 bits per heavy atom. The van der Waals surface area contributed by atoms with Gasteiger partial charge in [0.15, 0.2) is 12.2 Å². The standard InChI is InChI=1S/C25H27N5O3/c1-4-33-20-12-10-19(11-13-20)30-17(2)16-29-21-22(26-24(29)30)27(3)25(32)28(23(21)31)15-14-18-8-6-5-7-9-18/h5-13,16,21-22H,4,14-15H2,1-3H3. The molecule has 0 aliphatic carbocycles. The number of benzene rings is 2. The third-order valence-corrected chi connectivity index (χ3v) is 6.26. The van der Waals surface area contributed by atoms with Crippen LogP contribution in [0.1, 0.15) is 19.4 Å². The fraction of sp³-hybridized carbons (Fsp3) is 0.320. The SMILES string of the molecule is CCOc1ccc(N2C(C)=CN3C2=NC2C3C(=O)N(CCc3ccccc3)C(=O)N2C)cc1. The van der Waals surface area contributed by atoms with Gasteiger partial charge in [0.1, 0.15) is 5.75 Å². The van der Waals surface area contributed by atoms with Gasteiger partial charge in [-0.15, -0.1) is 0 Å². The highest BCUT2D eigenvalue weighted by molar-refractivity contribution is 6.09. The van der Waals surface area contributed by atoms with Gasteiger partial charge in [0.2, 0.25) is 5.96 Å². The molecule has 8 heteroatoms. The van der Waals surface area contributed by atoms with Crippen molar-refractivity contribution in [2.75, 3.05) is 25.1 Å². The summed E-state index contributed by atoms with van der Waals surface area (Å²) < 4.78 is 5.55. The number of nitrogens with zero attached hydrogens (tertiary/aromatic N) is 5. The van der Waals surface area contributed by atoms with E-state index in [0.29, 0.717) is 25.5 Å². The molecule has 0 spiro atoms. The number of likely N-dealkylation sites (N-methyl/N-ethyl adjacent to an activating group) is 1. The van der Waals surface area contributed by atoms with Crippen LogP contribution in [0.25, 0.3) is 0 Å². The summed E-state index contributed by atoms with van der Waals surface area (Å²) in [5.74, 6) is 1.25. The zero-order valence-corrected chi connectivity index (χ0v) is 19.0. The van der Waals surface area contributed by atoms with Gasteiger partial charge in [0.25, 0.3) is 5.91 Å². The van der Waals surface area contributed by atoms with Crippen molar-refractivity contribution >= 4 is 23.6 Å². The van der Waals surface area contributed by atoms with Gasteiger partial charge in [-0.25, -0.2) is 9.79 Å². The number of carbonyl (C=O) groups is 2. The van der Waals surface area contributed by atoms with E-state index in [1.807, 2.05) is 84.4 Å². The first kappa shape index (κ1) is 21.1. The average Bonchev–Trinajstić information content (AvgIpc) is 3.34. The third kappa shape index (κ3) is 3.51. The molecule has 3 aliphatic heterocycles. The number of carbonyl (C=O) groups excluding carboxylic acids is 2. The molecule has 0 bridgehead atoms. The lowest BCUT2D eigenvalue weighted by Crippen LogP contribution is -2.64. The van der Waals surface area contributed by atoms with Crippen LogP contribution in [0.15, 0.2) is 71.5 Å². The third-order valence-electron chi connectivity index (χ3n) is 6.26. The zero-order chi connectivity index (χ0) is 23.1. The Balaban J connectivity index is 1.39. The number of aliphatic imine (C=N–C) groups is 1. The monoisotopic (exact) mass is 445 g/mol. The van der Waals surface area contributed by atoms with Gasteiger partial charge >= 0.3 is 6.03 Å². The van der Waals surface area contributed by atoms with E-state index in [1.165, 1.54) is 4.90 Å². The Bertz CT molecular complexity index is 1130. The fourth-order valence-electron chi connectivity index (χ4n) is 4.62. The van der Waals surface area contributed by atoms with Crippen LogP contribution in [0.3, 0.4) is 0 Å². The highest BCUT2D eigenvalue weighted by Crippen LogP contribution is 2.37. The topological polar surface area (TPSA) is 68.7 Å². The van der Waals surface area contributed by atoms with Crippen molar-refractivity contribution < 1.29 is 14.3 Å². The summed E-state index contributed by atoms with van der Waals surface area (Å²) in [6, 6.07) is 16.8. The van der Waals surface area contributed by atoms with Gasteiger partial charge in [-0.05, 0) is 50.1 Å². The summed E-state index contributed by atoms with van der Waals surface area (Å²) in [6.45, 7) is 4.88. The second-order valence-corrected chi connectivity index (χ2v) is 8.35. The number of guanidine groups is 1. The molecule has 0 saturated carbocycles. The number of urea groups is 1. The molecule has 3 amide bonds. The average molecular weight is 446 g/mol. The Kier molecular flexibility index (Phi) is 5.28. The van der Waals surface area contributed by atoms with Crippen LogP contribution in [-0.4, -0.2) is 65.0 Å². The highest BCUT2D eigenvalue weighted by atomic mass is 16.5. The molecule has 2 atom stereocenters. The minimum absolute atomic E-state index is 0.213. The van der Waals surface area contributed by atoms with Crippen molar-refractivity contribution in [1.29, 1.82) is 0 Å². The van der Waals surface area contributed by atoms with Crippen molar-refractivity contribution in [1.82, 2.24) is 14.7 Å². The fourth-order valence-corrected chi connectivity index (χ4v) is 4.62. The van der Waals surface area contributed by atoms with E-state index in [9.17, 15) is 9.59 Å². The molecule has 2 unspecified atom stereocenters. The Morgan fingerprint density at radius 3 is 2.45 bits per heavy atom. The lowest BCUT2D eigenvalue weighted by Gasteiger charge is -2.40. The van der Waals surface area contributed by atoms with Crippen molar-refractivity contribution in [2.24, 2.45) is 4.99 Å². The van der Waals surface area contributed by atoms with Crippen LogP contribution < -0.4 is 9.64 Å². The number of hydrogen-bond donors (Lipinski definition) is 0. The second kappa shape index (κ2) is 8.27. The van der Waals surface area contributed by atoms with Gasteiger partial charge in [-0.2, -0.15) is 0 Å². The number of hydrogen-bond acceptors (Lipinski definition) is 6. The molecule has 5 rings (SSSR count). The van der Waals surface area contributed by atoms with Gasteiger partial charge in [0, 0.05) is 31.2 Å². The van der Waals surface area contributed by atoms with Crippen molar-refractivity contribution in [3.05, 3.63) is 72.1 Å². The Labute approximate surface area is 193 Å². The summed E-state index contributed by atoms with van der Waals surface area (Å²) in [7, 11) is 1.71. The number of rotatable bonds is 6. The summed E-state index contributed by atoms with van der Waals surface area (Å²) in [5.41, 5.74) is 2.97. The molecular weight excluding hydrogens is 418 g/mol. The molecule has 0 radical (unpaired) electrons. The predicted octanol–water partition coefficient (Wildman–Crippen LogP) is 3.27. The molecule has 0 aromatic heterocycles. The molecule has 1 saturated heterocycles. The highest BCUT2D eigenvalue weighted by Gasteiger charge is 2.54. The first-order valence-electron chi connectivity index (χ1n) is 11.2. The van der Waals surface area contributed by atoms with E-state index in [-0.39, 0.29) is 11.9 Å². The summed E-state index contributed by atoms with van der Waals surface area (Å²) in [5, 5.41) is 0. The van der Waals surface area contributed by atoms with Gasteiger partial charge in [-0.1, -0.05) is 30.3 Å². The Hall–Kier alpha value is -3.81. The molecule has 170 valence electrons. The molecule has 8 nitrogen and oxygen atoms in total. The normalized spacial score (nSPS) is 21.8. The molecule has 2 aromatic rings. The van der Waals surface area contributed by atoms with Crippen LogP contribution >= 0.6 is 0 Å². The van der Waals surface area contributed by atoms with Gasteiger partial charge < -0.3 is 14.5 Å². The van der Waals surface area contributed by atoms with Crippen LogP contribution in [0.4, 0.5) is 10.5 Å². The quantitative estimate of drug-likeness (QED) is 0.683. The Morgan fingerprint density at radius 1 is 1.03 bits per heavy atom. The minimum atomic E-state index is -0.568. The predicted molar refractivity (Wildman–Crippen MR) is 126 cm³/mol. The molecular formula is C25H27N5O3. The minimum Gasteiger partial charge on any atom is -0.494 e. The number of amides is 3.